The van der Waals surface area contributed by atoms with Crippen LogP contribution in [-0.2, 0) is 4.74 Å². The Morgan fingerprint density at radius 1 is 1.06 bits per heavy atom. The summed E-state index contributed by atoms with van der Waals surface area (Å²) >= 11 is 6.47. The standard InChI is InChI=1S/C26H21ClN4O2/c27-23-15-19(8-11-25(23)33-20-4-2-1-3-5-20)31-26-22-14-18(7-10-24(22)29-17-30-26)6-9-21-16-28-12-13-32-21/h1-5,7-8,10-11,14-15,17,21,28H,12-13,16H2,(H,29,30,31). The fraction of sp³-hybridized carbons (Fsp3) is 0.154. The van der Waals surface area contributed by atoms with Gasteiger partial charge in [0.15, 0.2) is 0 Å². The van der Waals surface area contributed by atoms with E-state index < -0.39 is 0 Å². The maximum absolute atomic E-state index is 6.47. The zero-order valence-corrected chi connectivity index (χ0v) is 18.5. The molecule has 0 radical (unpaired) electrons. The van der Waals surface area contributed by atoms with Crippen molar-refractivity contribution in [1.29, 1.82) is 0 Å². The smallest absolute Gasteiger partial charge is 0.146 e. The molecule has 1 aliphatic rings. The lowest BCUT2D eigenvalue weighted by molar-refractivity contribution is 0.0651. The van der Waals surface area contributed by atoms with Gasteiger partial charge >= 0.3 is 0 Å². The molecule has 7 heteroatoms. The Morgan fingerprint density at radius 3 is 2.79 bits per heavy atom. The van der Waals surface area contributed by atoms with Gasteiger partial charge in [0.2, 0.25) is 0 Å². The predicted octanol–water partition coefficient (Wildman–Crippen LogP) is 5.16. The Bertz CT molecular complexity index is 1330. The highest BCUT2D eigenvalue weighted by Gasteiger charge is 2.10. The summed E-state index contributed by atoms with van der Waals surface area (Å²) in [6.07, 6.45) is 1.43. The molecule has 1 saturated heterocycles. The number of nitrogens with one attached hydrogen (secondary N) is 2. The summed E-state index contributed by atoms with van der Waals surface area (Å²) in [5.41, 5.74) is 2.49. The molecule has 5 rings (SSSR count). The number of anilines is 2. The van der Waals surface area contributed by atoms with Crippen molar-refractivity contribution in [2.24, 2.45) is 0 Å². The van der Waals surface area contributed by atoms with Gasteiger partial charge in [-0.15, -0.1) is 0 Å². The minimum atomic E-state index is -0.0992. The van der Waals surface area contributed by atoms with Gasteiger partial charge in [-0.3, -0.25) is 0 Å². The Kier molecular flexibility index (Phi) is 6.36. The Morgan fingerprint density at radius 2 is 1.97 bits per heavy atom. The van der Waals surface area contributed by atoms with Crippen molar-refractivity contribution in [1.82, 2.24) is 15.3 Å². The lowest BCUT2D eigenvalue weighted by Crippen LogP contribution is -2.37. The van der Waals surface area contributed by atoms with E-state index in [1.54, 1.807) is 0 Å². The lowest BCUT2D eigenvalue weighted by Gasteiger charge is -2.18. The van der Waals surface area contributed by atoms with E-state index in [0.29, 0.717) is 23.2 Å². The molecule has 3 aromatic carbocycles. The highest BCUT2D eigenvalue weighted by atomic mass is 35.5. The molecule has 2 N–H and O–H groups in total. The van der Waals surface area contributed by atoms with E-state index in [9.17, 15) is 0 Å². The second-order valence-corrected chi connectivity index (χ2v) is 7.88. The summed E-state index contributed by atoms with van der Waals surface area (Å²) in [5, 5.41) is 7.98. The van der Waals surface area contributed by atoms with Crippen LogP contribution in [0.15, 0.2) is 73.1 Å². The van der Waals surface area contributed by atoms with Crippen molar-refractivity contribution in [2.75, 3.05) is 25.0 Å². The molecule has 1 atom stereocenters. The van der Waals surface area contributed by atoms with Crippen LogP contribution in [-0.4, -0.2) is 35.8 Å². The van der Waals surface area contributed by atoms with Crippen molar-refractivity contribution < 1.29 is 9.47 Å². The minimum absolute atomic E-state index is 0.0992. The molecule has 0 saturated carbocycles. The first-order valence-electron chi connectivity index (χ1n) is 10.6. The number of rotatable bonds is 4. The summed E-state index contributed by atoms with van der Waals surface area (Å²) in [6, 6.07) is 20.9. The quantitative estimate of drug-likeness (QED) is 0.413. The van der Waals surface area contributed by atoms with E-state index >= 15 is 0 Å². The van der Waals surface area contributed by atoms with Crippen LogP contribution < -0.4 is 15.4 Å². The van der Waals surface area contributed by atoms with Crippen molar-refractivity contribution in [3.8, 4) is 23.3 Å². The van der Waals surface area contributed by atoms with Gasteiger partial charge in [-0.2, -0.15) is 0 Å². The topological polar surface area (TPSA) is 68.3 Å². The van der Waals surface area contributed by atoms with Crippen LogP contribution in [0.4, 0.5) is 11.5 Å². The average molecular weight is 457 g/mol. The first-order chi connectivity index (χ1) is 16.2. The number of ether oxygens (including phenoxy) is 2. The first-order valence-corrected chi connectivity index (χ1v) is 11.0. The Balaban J connectivity index is 1.38. The number of hydrogen-bond donors (Lipinski definition) is 2. The largest absolute Gasteiger partial charge is 0.456 e. The third-order valence-electron chi connectivity index (χ3n) is 5.11. The maximum atomic E-state index is 6.47. The normalized spacial score (nSPS) is 15.5. The monoisotopic (exact) mass is 456 g/mol. The van der Waals surface area contributed by atoms with Crippen LogP contribution in [0.2, 0.25) is 5.02 Å². The molecular weight excluding hydrogens is 436 g/mol. The summed E-state index contributed by atoms with van der Waals surface area (Å²) in [5.74, 6) is 8.36. The van der Waals surface area contributed by atoms with Gasteiger partial charge < -0.3 is 20.1 Å². The summed E-state index contributed by atoms with van der Waals surface area (Å²) < 4.78 is 11.5. The van der Waals surface area contributed by atoms with Crippen molar-refractivity contribution in [3.63, 3.8) is 0 Å². The van der Waals surface area contributed by atoms with E-state index in [4.69, 9.17) is 21.1 Å². The first kappa shape index (κ1) is 21.2. The molecule has 33 heavy (non-hydrogen) atoms. The van der Waals surface area contributed by atoms with E-state index in [0.717, 1.165) is 41.0 Å². The zero-order chi connectivity index (χ0) is 22.5. The molecule has 1 unspecified atom stereocenters. The van der Waals surface area contributed by atoms with Crippen molar-refractivity contribution >= 4 is 34.0 Å². The van der Waals surface area contributed by atoms with Gasteiger partial charge in [-0.05, 0) is 48.5 Å². The zero-order valence-electron chi connectivity index (χ0n) is 17.7. The average Bonchev–Trinajstić information content (AvgIpc) is 2.86. The Labute approximate surface area is 196 Å². The van der Waals surface area contributed by atoms with Crippen LogP contribution in [0, 0.1) is 11.8 Å². The summed E-state index contributed by atoms with van der Waals surface area (Å²) in [6.45, 7) is 2.28. The number of halogens is 1. The SMILES string of the molecule is Clc1cc(Nc2ncnc3ccc(C#CC4CNCCO4)cc23)ccc1Oc1ccccc1. The van der Waals surface area contributed by atoms with Gasteiger partial charge in [0.05, 0.1) is 17.1 Å². The molecular formula is C26H21ClN4O2. The third kappa shape index (κ3) is 5.24. The van der Waals surface area contributed by atoms with Gasteiger partial charge in [-0.25, -0.2) is 9.97 Å². The number of nitrogens with zero attached hydrogens (tertiary/aromatic N) is 2. The van der Waals surface area contributed by atoms with Crippen LogP contribution in [0.1, 0.15) is 5.56 Å². The molecule has 4 aromatic rings. The number of benzene rings is 3. The lowest BCUT2D eigenvalue weighted by atomic mass is 10.1. The number of hydrogen-bond acceptors (Lipinski definition) is 6. The van der Waals surface area contributed by atoms with Gasteiger partial charge in [0, 0.05) is 29.7 Å². The van der Waals surface area contributed by atoms with E-state index in [1.807, 2.05) is 66.7 Å². The molecule has 1 aromatic heterocycles. The van der Waals surface area contributed by atoms with E-state index in [1.165, 1.54) is 6.33 Å². The van der Waals surface area contributed by atoms with Crippen molar-refractivity contribution in [3.05, 3.63) is 83.6 Å². The second kappa shape index (κ2) is 9.88. The molecule has 1 aliphatic heterocycles. The fourth-order valence-corrected chi connectivity index (χ4v) is 3.69. The van der Waals surface area contributed by atoms with Crippen LogP contribution >= 0.6 is 11.6 Å². The number of aromatic nitrogens is 2. The molecule has 0 amide bonds. The maximum Gasteiger partial charge on any atom is 0.146 e. The van der Waals surface area contributed by atoms with Crippen molar-refractivity contribution in [2.45, 2.75) is 6.10 Å². The van der Waals surface area contributed by atoms with E-state index in [2.05, 4.69) is 32.4 Å². The van der Waals surface area contributed by atoms with Gasteiger partial charge in [-0.1, -0.05) is 41.6 Å². The minimum Gasteiger partial charge on any atom is -0.456 e. The molecule has 0 bridgehead atoms. The number of fused-ring (bicyclic) bond motifs is 1. The highest BCUT2D eigenvalue weighted by molar-refractivity contribution is 6.32. The molecule has 6 nitrogen and oxygen atoms in total. The Hall–Kier alpha value is -3.63. The third-order valence-corrected chi connectivity index (χ3v) is 5.40. The predicted molar refractivity (Wildman–Crippen MR) is 130 cm³/mol. The highest BCUT2D eigenvalue weighted by Crippen LogP contribution is 2.33. The van der Waals surface area contributed by atoms with Gasteiger partial charge in [0.1, 0.15) is 29.7 Å². The van der Waals surface area contributed by atoms with E-state index in [-0.39, 0.29) is 6.10 Å². The van der Waals surface area contributed by atoms with Gasteiger partial charge in [0.25, 0.3) is 0 Å². The summed E-state index contributed by atoms with van der Waals surface area (Å²) in [4.78, 5) is 8.81. The number of para-hydroxylation sites is 1. The summed E-state index contributed by atoms with van der Waals surface area (Å²) in [7, 11) is 0. The molecule has 2 heterocycles. The van der Waals surface area contributed by atoms with Crippen LogP contribution in [0.3, 0.4) is 0 Å². The molecule has 0 spiro atoms. The second-order valence-electron chi connectivity index (χ2n) is 7.47. The van der Waals surface area contributed by atoms with Crippen LogP contribution in [0.25, 0.3) is 10.9 Å². The van der Waals surface area contributed by atoms with Crippen LogP contribution in [0.5, 0.6) is 11.5 Å². The molecule has 164 valence electrons. The fourth-order valence-electron chi connectivity index (χ4n) is 3.47. The number of morpholine rings is 1. The molecule has 1 fully saturated rings. The molecule has 0 aliphatic carbocycles.